The summed E-state index contributed by atoms with van der Waals surface area (Å²) in [5, 5.41) is 0. The number of carbonyl (C=O) groups excluding carboxylic acids is 2. The zero-order chi connectivity index (χ0) is 8.72. The normalized spacial score (nSPS) is 20.4. The molecule has 0 fully saturated rings. The summed E-state index contributed by atoms with van der Waals surface area (Å²) in [6, 6.07) is 1.53. The highest BCUT2D eigenvalue weighted by molar-refractivity contribution is 7.16. The summed E-state index contributed by atoms with van der Waals surface area (Å²) in [4.78, 5) is 22.4. The van der Waals surface area contributed by atoms with Crippen LogP contribution in [0.15, 0.2) is 6.07 Å². The van der Waals surface area contributed by atoms with E-state index >= 15 is 0 Å². The van der Waals surface area contributed by atoms with Gasteiger partial charge in [-0.15, -0.1) is 11.3 Å². The second-order valence-electron chi connectivity index (χ2n) is 2.36. The van der Waals surface area contributed by atoms with E-state index in [2.05, 4.69) is 0 Å². The van der Waals surface area contributed by atoms with Gasteiger partial charge in [-0.1, -0.05) is 0 Å². The smallest absolute Gasteiger partial charge is 0.231 e. The minimum absolute atomic E-state index is 0.247. The maximum absolute atomic E-state index is 11.2. The Balaban J connectivity index is 2.49. The van der Waals surface area contributed by atoms with Crippen LogP contribution < -0.4 is 10.5 Å². The van der Waals surface area contributed by atoms with Crippen molar-refractivity contribution in [2.24, 2.45) is 5.73 Å². The zero-order valence-corrected chi connectivity index (χ0v) is 6.76. The molecule has 62 valence electrons. The van der Waals surface area contributed by atoms with Crippen LogP contribution in [0.25, 0.3) is 0 Å². The van der Waals surface area contributed by atoms with Crippen molar-refractivity contribution in [1.29, 1.82) is 0 Å². The highest BCUT2D eigenvalue weighted by Crippen LogP contribution is 2.34. The molecule has 1 aliphatic rings. The fraction of sp³-hybridized carbons (Fsp3) is 0.143. The number of fused-ring (bicyclic) bond motifs is 1. The lowest BCUT2D eigenvalue weighted by atomic mass is 10.3. The molecule has 12 heavy (non-hydrogen) atoms. The molecule has 0 aromatic carbocycles. The van der Waals surface area contributed by atoms with Gasteiger partial charge in [0.1, 0.15) is 10.6 Å². The fourth-order valence-corrected chi connectivity index (χ4v) is 1.90. The minimum atomic E-state index is -0.882. The number of ether oxygens (including phenoxy) is 1. The van der Waals surface area contributed by atoms with Crippen LogP contribution in [0.4, 0.5) is 0 Å². The molecule has 1 aromatic heterocycles. The Morgan fingerprint density at radius 1 is 1.67 bits per heavy atom. The van der Waals surface area contributed by atoms with Gasteiger partial charge in [-0.25, -0.2) is 0 Å². The first-order chi connectivity index (χ1) is 5.72. The Kier molecular flexibility index (Phi) is 1.49. The number of aldehydes is 1. The lowest BCUT2D eigenvalue weighted by Gasteiger charge is -1.99. The molecule has 0 bridgehead atoms. The van der Waals surface area contributed by atoms with Crippen LogP contribution in [0, 0.1) is 0 Å². The lowest BCUT2D eigenvalue weighted by Crippen LogP contribution is -2.30. The van der Waals surface area contributed by atoms with Gasteiger partial charge in [-0.2, -0.15) is 0 Å². The van der Waals surface area contributed by atoms with Gasteiger partial charge in [0, 0.05) is 6.07 Å². The second-order valence-corrected chi connectivity index (χ2v) is 3.45. The Morgan fingerprint density at radius 2 is 2.42 bits per heavy atom. The molecule has 0 spiro atoms. The summed E-state index contributed by atoms with van der Waals surface area (Å²) in [5.74, 6) is 0.183. The molecule has 1 atom stereocenters. The van der Waals surface area contributed by atoms with Crippen LogP contribution in [0.1, 0.15) is 19.3 Å². The Labute approximate surface area is 71.9 Å². The van der Waals surface area contributed by atoms with Gasteiger partial charge >= 0.3 is 0 Å². The standard InChI is InChI=1S/C7H5NO3S/c8-7-5(10)6-4(11-7)1-3(2-9)12-6/h1-2,7H,8H2. The van der Waals surface area contributed by atoms with E-state index in [1.165, 1.54) is 6.07 Å². The molecule has 0 radical (unpaired) electrons. The molecule has 0 saturated carbocycles. The van der Waals surface area contributed by atoms with E-state index in [0.29, 0.717) is 21.8 Å². The van der Waals surface area contributed by atoms with Crippen molar-refractivity contribution in [3.63, 3.8) is 0 Å². The van der Waals surface area contributed by atoms with Gasteiger partial charge in [0.25, 0.3) is 0 Å². The average molecular weight is 183 g/mol. The molecule has 0 amide bonds. The van der Waals surface area contributed by atoms with Crippen molar-refractivity contribution in [2.75, 3.05) is 0 Å². The molecule has 0 saturated heterocycles. The second kappa shape index (κ2) is 2.40. The number of Topliss-reactive ketones (excluding diaryl/α,β-unsaturated/α-hetero) is 1. The first kappa shape index (κ1) is 7.45. The monoisotopic (exact) mass is 183 g/mol. The molecule has 1 aliphatic heterocycles. The maximum Gasteiger partial charge on any atom is 0.231 e. The van der Waals surface area contributed by atoms with E-state index in [0.717, 1.165) is 11.3 Å². The average Bonchev–Trinajstić information content (AvgIpc) is 2.55. The highest BCUT2D eigenvalue weighted by Gasteiger charge is 2.31. The van der Waals surface area contributed by atoms with Crippen molar-refractivity contribution in [1.82, 2.24) is 0 Å². The van der Waals surface area contributed by atoms with Gasteiger partial charge in [-0.05, 0) is 0 Å². The van der Waals surface area contributed by atoms with E-state index in [9.17, 15) is 9.59 Å². The van der Waals surface area contributed by atoms with Gasteiger partial charge in [0.2, 0.25) is 12.0 Å². The van der Waals surface area contributed by atoms with Crippen molar-refractivity contribution in [3.05, 3.63) is 15.8 Å². The number of carbonyl (C=O) groups is 2. The third-order valence-corrected chi connectivity index (χ3v) is 2.63. The van der Waals surface area contributed by atoms with E-state index in [4.69, 9.17) is 10.5 Å². The van der Waals surface area contributed by atoms with Crippen LogP contribution >= 0.6 is 11.3 Å². The lowest BCUT2D eigenvalue weighted by molar-refractivity contribution is 0.0867. The first-order valence-electron chi connectivity index (χ1n) is 3.28. The quantitative estimate of drug-likeness (QED) is 0.640. The molecule has 2 heterocycles. The van der Waals surface area contributed by atoms with E-state index < -0.39 is 6.23 Å². The van der Waals surface area contributed by atoms with Crippen LogP contribution in [-0.4, -0.2) is 18.3 Å². The molecule has 2 rings (SSSR count). The molecule has 2 N–H and O–H groups in total. The maximum atomic E-state index is 11.2. The Morgan fingerprint density at radius 3 is 3.00 bits per heavy atom. The van der Waals surface area contributed by atoms with Crippen molar-refractivity contribution in [3.8, 4) is 5.75 Å². The summed E-state index contributed by atoms with van der Waals surface area (Å²) in [7, 11) is 0. The van der Waals surface area contributed by atoms with Crippen LogP contribution in [0.3, 0.4) is 0 Å². The van der Waals surface area contributed by atoms with Gasteiger partial charge < -0.3 is 4.74 Å². The van der Waals surface area contributed by atoms with E-state index in [-0.39, 0.29) is 5.78 Å². The van der Waals surface area contributed by atoms with E-state index in [1.807, 2.05) is 0 Å². The third-order valence-electron chi connectivity index (χ3n) is 1.57. The molecule has 0 aliphatic carbocycles. The number of ketones is 1. The number of rotatable bonds is 1. The van der Waals surface area contributed by atoms with Gasteiger partial charge in [0.15, 0.2) is 6.29 Å². The Hall–Kier alpha value is -1.20. The minimum Gasteiger partial charge on any atom is -0.466 e. The van der Waals surface area contributed by atoms with Crippen molar-refractivity contribution < 1.29 is 14.3 Å². The zero-order valence-electron chi connectivity index (χ0n) is 5.94. The SMILES string of the molecule is NC1Oc2cc(C=O)sc2C1=O. The molecule has 5 heteroatoms. The number of hydrogen-bond donors (Lipinski definition) is 1. The summed E-state index contributed by atoms with van der Waals surface area (Å²) >= 11 is 1.11. The van der Waals surface area contributed by atoms with Crippen molar-refractivity contribution >= 4 is 23.4 Å². The topological polar surface area (TPSA) is 69.4 Å². The molecular formula is C7H5NO3S. The predicted molar refractivity (Wildman–Crippen MR) is 42.6 cm³/mol. The number of nitrogens with two attached hydrogens (primary N) is 1. The molecular weight excluding hydrogens is 178 g/mol. The van der Waals surface area contributed by atoms with Crippen LogP contribution in [0.2, 0.25) is 0 Å². The summed E-state index contributed by atoms with van der Waals surface area (Å²) in [6.07, 6.45) is -0.197. The van der Waals surface area contributed by atoms with E-state index in [1.54, 1.807) is 0 Å². The molecule has 1 unspecified atom stereocenters. The summed E-state index contributed by atoms with van der Waals surface area (Å²) in [6.45, 7) is 0. The van der Waals surface area contributed by atoms with Crippen LogP contribution in [0.5, 0.6) is 5.75 Å². The predicted octanol–water partition coefficient (Wildman–Crippen LogP) is 0.421. The largest absolute Gasteiger partial charge is 0.466 e. The summed E-state index contributed by atoms with van der Waals surface area (Å²) < 4.78 is 4.98. The van der Waals surface area contributed by atoms with Gasteiger partial charge in [-0.3, -0.25) is 15.3 Å². The van der Waals surface area contributed by atoms with Crippen molar-refractivity contribution in [2.45, 2.75) is 6.23 Å². The summed E-state index contributed by atoms with van der Waals surface area (Å²) in [5.41, 5.74) is 5.31. The number of thiophene rings is 1. The van der Waals surface area contributed by atoms with Gasteiger partial charge in [0.05, 0.1) is 4.88 Å². The van der Waals surface area contributed by atoms with Crippen LogP contribution in [-0.2, 0) is 0 Å². The first-order valence-corrected chi connectivity index (χ1v) is 4.09. The third kappa shape index (κ3) is 0.870. The Bertz CT molecular complexity index is 358. The molecule has 4 nitrogen and oxygen atoms in total. The molecule has 1 aromatic rings. The highest BCUT2D eigenvalue weighted by atomic mass is 32.1. The fourth-order valence-electron chi connectivity index (χ4n) is 1.03. The number of hydrogen-bond acceptors (Lipinski definition) is 5.